The summed E-state index contributed by atoms with van der Waals surface area (Å²) < 4.78 is 39.6. The number of ether oxygens (including phenoxy) is 1. The summed E-state index contributed by atoms with van der Waals surface area (Å²) in [6.45, 7) is 1.38. The number of halogens is 4. The molecule has 0 unspecified atom stereocenters. The van der Waals surface area contributed by atoms with E-state index in [0.29, 0.717) is 3.70 Å². The van der Waals surface area contributed by atoms with Crippen molar-refractivity contribution in [3.05, 3.63) is 15.5 Å². The minimum atomic E-state index is -4.81. The van der Waals surface area contributed by atoms with Crippen molar-refractivity contribution in [2.24, 2.45) is 0 Å². The molecular formula is C7H5F3INO2. The van der Waals surface area contributed by atoms with E-state index in [1.165, 1.54) is 6.92 Å². The van der Waals surface area contributed by atoms with E-state index in [4.69, 9.17) is 5.11 Å². The second kappa shape index (κ2) is 3.79. The van der Waals surface area contributed by atoms with Gasteiger partial charge in [0.1, 0.15) is 3.70 Å². The maximum atomic E-state index is 11.9. The highest BCUT2D eigenvalue weighted by Gasteiger charge is 2.33. The Hall–Kier alpha value is -0.730. The number of hydrogen-bond acceptors (Lipinski definition) is 3. The number of aromatic nitrogens is 1. The number of nitrogens with zero attached hydrogens (tertiary/aromatic N) is 1. The molecule has 1 rings (SSSR count). The zero-order chi connectivity index (χ0) is 10.9. The van der Waals surface area contributed by atoms with Crippen LogP contribution in [-0.2, 0) is 0 Å². The Morgan fingerprint density at radius 3 is 2.57 bits per heavy atom. The Labute approximate surface area is 91.0 Å². The maximum absolute atomic E-state index is 11.9. The summed E-state index contributed by atoms with van der Waals surface area (Å²) in [6.07, 6.45) is -3.90. The number of rotatable bonds is 1. The monoisotopic (exact) mass is 319 g/mol. The lowest BCUT2D eigenvalue weighted by Gasteiger charge is -2.12. The van der Waals surface area contributed by atoms with Gasteiger partial charge in [-0.15, -0.1) is 13.2 Å². The Bertz CT molecular complexity index is 354. The predicted molar refractivity (Wildman–Crippen MR) is 50.0 cm³/mol. The van der Waals surface area contributed by atoms with Gasteiger partial charge in [0.25, 0.3) is 0 Å². The van der Waals surface area contributed by atoms with Crippen LogP contribution in [0.3, 0.4) is 0 Å². The molecule has 0 saturated heterocycles. The summed E-state index contributed by atoms with van der Waals surface area (Å²) in [5.74, 6) is -1.22. The number of aromatic hydroxyl groups is 1. The first-order chi connectivity index (χ1) is 6.31. The quantitative estimate of drug-likeness (QED) is 0.639. The number of alkyl halides is 3. The van der Waals surface area contributed by atoms with E-state index in [9.17, 15) is 13.2 Å². The van der Waals surface area contributed by atoms with Gasteiger partial charge in [-0.2, -0.15) is 0 Å². The topological polar surface area (TPSA) is 42.4 Å². The molecule has 1 aromatic rings. The molecule has 0 spiro atoms. The summed E-state index contributed by atoms with van der Waals surface area (Å²) in [5.41, 5.74) is 0.155. The van der Waals surface area contributed by atoms with Gasteiger partial charge >= 0.3 is 6.36 Å². The standard InChI is InChI=1S/C7H5F3INO2/c1-3-5(14-7(8,9)10)4(13)2-12-6(3)11/h2,13H,1H3. The van der Waals surface area contributed by atoms with E-state index in [1.807, 2.05) is 0 Å². The maximum Gasteiger partial charge on any atom is 0.573 e. The molecule has 3 nitrogen and oxygen atoms in total. The van der Waals surface area contributed by atoms with Gasteiger partial charge in [0.05, 0.1) is 6.20 Å². The van der Waals surface area contributed by atoms with Crippen LogP contribution in [-0.4, -0.2) is 16.5 Å². The first-order valence-corrected chi connectivity index (χ1v) is 4.49. The summed E-state index contributed by atoms with van der Waals surface area (Å²) in [6, 6.07) is 0. The molecule has 0 radical (unpaired) electrons. The van der Waals surface area contributed by atoms with Crippen molar-refractivity contribution in [3.8, 4) is 11.5 Å². The van der Waals surface area contributed by atoms with Gasteiger partial charge in [-0.1, -0.05) is 0 Å². The van der Waals surface area contributed by atoms with E-state index in [2.05, 4.69) is 9.72 Å². The average molecular weight is 319 g/mol. The van der Waals surface area contributed by atoms with Gasteiger partial charge in [0.15, 0.2) is 11.5 Å². The fourth-order valence-corrected chi connectivity index (χ4v) is 1.19. The molecular weight excluding hydrogens is 314 g/mol. The van der Waals surface area contributed by atoms with Gasteiger partial charge in [-0.3, -0.25) is 0 Å². The van der Waals surface area contributed by atoms with Crippen LogP contribution >= 0.6 is 22.6 Å². The Morgan fingerprint density at radius 2 is 2.07 bits per heavy atom. The molecule has 1 aromatic heterocycles. The number of hydrogen-bond donors (Lipinski definition) is 1. The molecule has 1 N–H and O–H groups in total. The average Bonchev–Trinajstić information content (AvgIpc) is 2.04. The Morgan fingerprint density at radius 1 is 1.50 bits per heavy atom. The van der Waals surface area contributed by atoms with Crippen molar-refractivity contribution in [2.75, 3.05) is 0 Å². The summed E-state index contributed by atoms with van der Waals surface area (Å²) in [7, 11) is 0. The van der Waals surface area contributed by atoms with Crippen LogP contribution < -0.4 is 4.74 Å². The van der Waals surface area contributed by atoms with E-state index in [-0.39, 0.29) is 5.56 Å². The molecule has 0 aliphatic carbocycles. The van der Waals surface area contributed by atoms with Gasteiger partial charge < -0.3 is 9.84 Å². The third kappa shape index (κ3) is 2.63. The number of pyridine rings is 1. The lowest BCUT2D eigenvalue weighted by Crippen LogP contribution is -2.18. The van der Waals surface area contributed by atoms with E-state index < -0.39 is 17.9 Å². The second-order valence-electron chi connectivity index (χ2n) is 2.44. The van der Waals surface area contributed by atoms with E-state index >= 15 is 0 Å². The molecule has 14 heavy (non-hydrogen) atoms. The lowest BCUT2D eigenvalue weighted by molar-refractivity contribution is -0.275. The zero-order valence-corrected chi connectivity index (χ0v) is 9.05. The molecule has 0 bridgehead atoms. The molecule has 0 atom stereocenters. The van der Waals surface area contributed by atoms with Gasteiger partial charge in [-0.05, 0) is 29.5 Å². The van der Waals surface area contributed by atoms with Crippen molar-refractivity contribution in [3.63, 3.8) is 0 Å². The van der Waals surface area contributed by atoms with Gasteiger partial charge in [-0.25, -0.2) is 4.98 Å². The predicted octanol–water partition coefficient (Wildman–Crippen LogP) is 2.60. The van der Waals surface area contributed by atoms with Gasteiger partial charge in [0, 0.05) is 5.56 Å². The van der Waals surface area contributed by atoms with Crippen LogP contribution in [0.2, 0.25) is 0 Å². The highest BCUT2D eigenvalue weighted by molar-refractivity contribution is 14.1. The van der Waals surface area contributed by atoms with Crippen molar-refractivity contribution in [2.45, 2.75) is 13.3 Å². The minimum Gasteiger partial charge on any atom is -0.503 e. The van der Waals surface area contributed by atoms with Crippen molar-refractivity contribution >= 4 is 22.6 Å². The highest BCUT2D eigenvalue weighted by Crippen LogP contribution is 2.35. The highest BCUT2D eigenvalue weighted by atomic mass is 127. The second-order valence-corrected chi connectivity index (χ2v) is 3.46. The first-order valence-electron chi connectivity index (χ1n) is 3.41. The van der Waals surface area contributed by atoms with Crippen LogP contribution in [0.25, 0.3) is 0 Å². The lowest BCUT2D eigenvalue weighted by atomic mass is 10.3. The summed E-state index contributed by atoms with van der Waals surface area (Å²) in [4.78, 5) is 3.66. The van der Waals surface area contributed by atoms with Crippen molar-refractivity contribution in [1.82, 2.24) is 4.98 Å². The summed E-state index contributed by atoms with van der Waals surface area (Å²) >= 11 is 1.75. The molecule has 0 aliphatic rings. The SMILES string of the molecule is Cc1c(I)ncc(O)c1OC(F)(F)F. The molecule has 1 heterocycles. The molecule has 78 valence electrons. The fourth-order valence-electron chi connectivity index (χ4n) is 0.804. The van der Waals surface area contributed by atoms with Crippen molar-refractivity contribution in [1.29, 1.82) is 0 Å². The zero-order valence-electron chi connectivity index (χ0n) is 6.89. The molecule has 7 heteroatoms. The van der Waals surface area contributed by atoms with Crippen LogP contribution in [0.1, 0.15) is 5.56 Å². The Balaban J connectivity index is 3.13. The molecule has 0 aliphatic heterocycles. The normalized spacial score (nSPS) is 11.5. The largest absolute Gasteiger partial charge is 0.573 e. The van der Waals surface area contributed by atoms with Crippen LogP contribution in [0.15, 0.2) is 6.20 Å². The molecule has 0 aromatic carbocycles. The van der Waals surface area contributed by atoms with E-state index in [0.717, 1.165) is 6.20 Å². The first kappa shape index (κ1) is 11.3. The van der Waals surface area contributed by atoms with Crippen LogP contribution in [0.4, 0.5) is 13.2 Å². The van der Waals surface area contributed by atoms with Crippen molar-refractivity contribution < 1.29 is 23.0 Å². The van der Waals surface area contributed by atoms with Gasteiger partial charge in [0.2, 0.25) is 0 Å². The summed E-state index contributed by atoms with van der Waals surface area (Å²) in [5, 5.41) is 9.09. The molecule has 0 fully saturated rings. The van der Waals surface area contributed by atoms with Crippen LogP contribution in [0, 0.1) is 10.6 Å². The van der Waals surface area contributed by atoms with E-state index in [1.54, 1.807) is 22.6 Å². The third-order valence-corrected chi connectivity index (χ3v) is 2.49. The Kier molecular flexibility index (Phi) is 3.07. The third-order valence-electron chi connectivity index (χ3n) is 1.40. The smallest absolute Gasteiger partial charge is 0.503 e. The van der Waals surface area contributed by atoms with Crippen LogP contribution in [0.5, 0.6) is 11.5 Å². The minimum absolute atomic E-state index is 0.155. The molecule has 0 amide bonds. The fraction of sp³-hybridized carbons (Fsp3) is 0.286. The molecule has 0 saturated carbocycles.